The summed E-state index contributed by atoms with van der Waals surface area (Å²) in [6.45, 7) is 4.55. The van der Waals surface area contributed by atoms with Crippen molar-refractivity contribution in [2.45, 2.75) is 283 Å². The lowest BCUT2D eigenvalue weighted by atomic mass is 10.0. The molecule has 0 aliphatic carbocycles. The number of aliphatic hydroxyl groups is 1. The molecule has 70 heavy (non-hydrogen) atoms. The van der Waals surface area contributed by atoms with E-state index in [0.29, 0.717) is 23.9 Å². The first-order valence-electron chi connectivity index (χ1n) is 29.6. The molecule has 8 nitrogen and oxygen atoms in total. The summed E-state index contributed by atoms with van der Waals surface area (Å²) in [6.07, 6.45) is 70.3. The highest BCUT2D eigenvalue weighted by atomic mass is 31.2. The second-order valence-electron chi connectivity index (χ2n) is 21.3. The quantitative estimate of drug-likeness (QED) is 0.0272. The van der Waals surface area contributed by atoms with Crippen LogP contribution in [0.1, 0.15) is 271 Å². The molecule has 0 saturated heterocycles. The van der Waals surface area contributed by atoms with Gasteiger partial charge in [-0.2, -0.15) is 0 Å². The van der Waals surface area contributed by atoms with E-state index < -0.39 is 20.0 Å². The van der Waals surface area contributed by atoms with E-state index in [1.807, 2.05) is 27.2 Å². The van der Waals surface area contributed by atoms with Gasteiger partial charge < -0.3 is 28.8 Å². The lowest BCUT2D eigenvalue weighted by Crippen LogP contribution is -2.46. The molecule has 0 aliphatic heterocycles. The summed E-state index contributed by atoms with van der Waals surface area (Å²) in [7, 11) is 1.25. The number of phosphoric ester groups is 1. The normalized spacial score (nSPS) is 14.3. The summed E-state index contributed by atoms with van der Waals surface area (Å²) in [6, 6.07) is -0.858. The molecule has 0 radical (unpaired) electrons. The van der Waals surface area contributed by atoms with Crippen LogP contribution in [-0.2, 0) is 18.4 Å². The summed E-state index contributed by atoms with van der Waals surface area (Å²) >= 11 is 0. The molecule has 3 atom stereocenters. The molecular weight excluding hydrogens is 888 g/mol. The van der Waals surface area contributed by atoms with Crippen molar-refractivity contribution in [2.24, 2.45) is 0 Å². The Labute approximate surface area is 434 Å². The number of nitrogens with zero attached hydrogens (tertiary/aromatic N) is 1. The monoisotopic (exact) mass is 1000 g/mol. The predicted molar refractivity (Wildman–Crippen MR) is 302 cm³/mol. The summed E-state index contributed by atoms with van der Waals surface area (Å²) in [5.74, 6) is -0.290. The lowest BCUT2D eigenvalue weighted by Gasteiger charge is -2.30. The number of likely N-dealkylation sites (N-methyl/N-ethyl adjacent to an activating group) is 1. The minimum atomic E-state index is -4.60. The number of carbonyl (C=O) groups is 1. The molecule has 2 N–H and O–H groups in total. The van der Waals surface area contributed by atoms with Gasteiger partial charge in [0.25, 0.3) is 7.82 Å². The first-order chi connectivity index (χ1) is 34.0. The zero-order chi connectivity index (χ0) is 51.3. The number of hydrogen-bond acceptors (Lipinski definition) is 6. The van der Waals surface area contributed by atoms with Gasteiger partial charge in [0.2, 0.25) is 5.91 Å². The summed E-state index contributed by atoms with van der Waals surface area (Å²) < 4.78 is 23.3. The predicted octanol–water partition coefficient (Wildman–Crippen LogP) is 17.5. The first-order valence-corrected chi connectivity index (χ1v) is 31.1. The Morgan fingerprint density at radius 1 is 0.500 bits per heavy atom. The highest BCUT2D eigenvalue weighted by Gasteiger charge is 2.24. The van der Waals surface area contributed by atoms with Crippen molar-refractivity contribution in [2.75, 3.05) is 40.9 Å². The van der Waals surface area contributed by atoms with Crippen molar-refractivity contribution in [3.8, 4) is 0 Å². The fourth-order valence-electron chi connectivity index (χ4n) is 8.70. The average molecular weight is 1000 g/mol. The van der Waals surface area contributed by atoms with Gasteiger partial charge in [0, 0.05) is 6.42 Å². The molecule has 0 fully saturated rings. The van der Waals surface area contributed by atoms with E-state index in [-0.39, 0.29) is 25.5 Å². The Morgan fingerprint density at radius 2 is 0.814 bits per heavy atom. The maximum Gasteiger partial charge on any atom is 0.268 e. The number of carbonyl (C=O) groups excluding carboxylic acids is 1. The topological polar surface area (TPSA) is 108 Å². The van der Waals surface area contributed by atoms with E-state index >= 15 is 0 Å². The van der Waals surface area contributed by atoms with Gasteiger partial charge in [0.05, 0.1) is 39.9 Å². The number of quaternary nitrogens is 1. The van der Waals surface area contributed by atoms with E-state index in [2.05, 4.69) is 67.8 Å². The van der Waals surface area contributed by atoms with Crippen LogP contribution in [0.4, 0.5) is 0 Å². The van der Waals surface area contributed by atoms with Crippen molar-refractivity contribution in [3.63, 3.8) is 0 Å². The van der Waals surface area contributed by atoms with Crippen LogP contribution in [0.3, 0.4) is 0 Å². The van der Waals surface area contributed by atoms with Crippen LogP contribution >= 0.6 is 7.82 Å². The Bertz CT molecular complexity index is 1320. The fourth-order valence-corrected chi connectivity index (χ4v) is 9.42. The van der Waals surface area contributed by atoms with Gasteiger partial charge in [-0.25, -0.2) is 0 Å². The van der Waals surface area contributed by atoms with Crippen LogP contribution in [0, 0.1) is 0 Å². The van der Waals surface area contributed by atoms with Crippen LogP contribution in [-0.4, -0.2) is 68.5 Å². The van der Waals surface area contributed by atoms with Crippen molar-refractivity contribution in [1.29, 1.82) is 0 Å². The van der Waals surface area contributed by atoms with Crippen LogP contribution < -0.4 is 10.2 Å². The largest absolute Gasteiger partial charge is 0.756 e. The summed E-state index contributed by atoms with van der Waals surface area (Å²) in [4.78, 5) is 25.4. The molecule has 0 spiro atoms. The fraction of sp³-hybridized carbons (Fsp3) is 0.820. The summed E-state index contributed by atoms with van der Waals surface area (Å²) in [5.41, 5.74) is 0. The van der Waals surface area contributed by atoms with Gasteiger partial charge in [-0.05, 0) is 38.5 Å². The van der Waals surface area contributed by atoms with E-state index in [1.54, 1.807) is 6.08 Å². The lowest BCUT2D eigenvalue weighted by molar-refractivity contribution is -0.870. The highest BCUT2D eigenvalue weighted by molar-refractivity contribution is 7.45. The molecule has 0 aromatic heterocycles. The molecular formula is C61H115N2O6P. The molecule has 410 valence electrons. The maximum absolute atomic E-state index is 12.9. The second-order valence-corrected chi connectivity index (χ2v) is 22.8. The number of aliphatic hydroxyl groups excluding tert-OH is 1. The van der Waals surface area contributed by atoms with E-state index in [9.17, 15) is 19.4 Å². The molecule has 9 heteroatoms. The van der Waals surface area contributed by atoms with Crippen molar-refractivity contribution >= 4 is 13.7 Å². The van der Waals surface area contributed by atoms with Gasteiger partial charge in [-0.15, -0.1) is 0 Å². The van der Waals surface area contributed by atoms with Crippen LogP contribution in [0.2, 0.25) is 0 Å². The Kier molecular flexibility index (Phi) is 50.7. The zero-order valence-corrected chi connectivity index (χ0v) is 47.6. The minimum absolute atomic E-state index is 0.00631. The molecule has 3 unspecified atom stereocenters. The van der Waals surface area contributed by atoms with Gasteiger partial charge in [-0.1, -0.05) is 286 Å². The molecule has 0 aromatic carbocycles. The highest BCUT2D eigenvalue weighted by Crippen LogP contribution is 2.38. The third-order valence-corrected chi connectivity index (χ3v) is 14.3. The Balaban J connectivity index is 4.06. The molecule has 0 bridgehead atoms. The number of nitrogens with one attached hydrogen (secondary N) is 1. The second kappa shape index (κ2) is 52.1. The first kappa shape index (κ1) is 68.2. The minimum Gasteiger partial charge on any atom is -0.756 e. The van der Waals surface area contributed by atoms with Crippen LogP contribution in [0.5, 0.6) is 0 Å². The average Bonchev–Trinajstić information content (AvgIpc) is 3.32. The van der Waals surface area contributed by atoms with Gasteiger partial charge in [0.15, 0.2) is 0 Å². The molecule has 0 heterocycles. The summed E-state index contributed by atoms with van der Waals surface area (Å²) in [5, 5.41) is 13.9. The third kappa shape index (κ3) is 54.0. The third-order valence-electron chi connectivity index (χ3n) is 13.3. The van der Waals surface area contributed by atoms with E-state index in [0.717, 1.165) is 44.9 Å². The van der Waals surface area contributed by atoms with Crippen molar-refractivity contribution in [3.05, 3.63) is 60.8 Å². The number of phosphoric acid groups is 1. The molecule has 1 amide bonds. The van der Waals surface area contributed by atoms with Gasteiger partial charge >= 0.3 is 0 Å². The van der Waals surface area contributed by atoms with Crippen LogP contribution in [0.15, 0.2) is 60.8 Å². The number of hydrogen-bond donors (Lipinski definition) is 2. The van der Waals surface area contributed by atoms with Gasteiger partial charge in [-0.3, -0.25) is 9.36 Å². The number of allylic oxidation sites excluding steroid dienone is 9. The smallest absolute Gasteiger partial charge is 0.268 e. The Morgan fingerprint density at radius 3 is 1.14 bits per heavy atom. The molecule has 0 saturated carbocycles. The van der Waals surface area contributed by atoms with Gasteiger partial charge in [0.1, 0.15) is 13.2 Å². The standard InChI is InChI=1S/C61H115N2O6P/c1-6-8-10-12-14-16-18-20-22-23-24-25-26-27-28-29-30-31-32-33-34-35-36-37-38-39-41-42-44-46-48-50-52-54-60(64)59(58-69-70(66,67)68-57-56-63(3,4)5)62-61(65)55-53-51-49-47-45-43-40-21-19-17-15-13-11-9-7-2/h9,11,15,17,21,40,45,47,51,53,59-60,64H,6-8,10,12-14,16,18-20,22-39,41-44,46,48-50,52,54-58H2,1-5H3,(H-,62,65,66,67)/b11-9-,17-15-,40-21-,47-45-,53-51-. The van der Waals surface area contributed by atoms with E-state index in [1.165, 1.54) is 193 Å². The number of unbranched alkanes of at least 4 members (excludes halogenated alkanes) is 32. The van der Waals surface area contributed by atoms with E-state index in [4.69, 9.17) is 9.05 Å². The maximum atomic E-state index is 12.9. The van der Waals surface area contributed by atoms with Crippen molar-refractivity contribution in [1.82, 2.24) is 5.32 Å². The molecule has 0 aliphatic rings. The van der Waals surface area contributed by atoms with Crippen molar-refractivity contribution < 1.29 is 32.9 Å². The molecule has 0 aromatic rings. The SMILES string of the molecule is CC/C=C\C/C=C\C/C=C\C/C=C\C/C=C\CC(=O)NC(COP(=O)([O-])OCC[N+](C)(C)C)C(O)CCCCCCCCCCCCCCCCCCCCCCCCCCCCCCCCCCC. The number of amides is 1. The molecule has 0 rings (SSSR count). The number of rotatable bonds is 54. The van der Waals surface area contributed by atoms with Crippen LogP contribution in [0.25, 0.3) is 0 Å². The zero-order valence-electron chi connectivity index (χ0n) is 46.7. The Hall–Kier alpha value is -1.80.